The largest absolute Gasteiger partial charge is 0.397 e. The van der Waals surface area contributed by atoms with Gasteiger partial charge in [0.25, 0.3) is 0 Å². The summed E-state index contributed by atoms with van der Waals surface area (Å²) in [4.78, 5) is 0. The van der Waals surface area contributed by atoms with E-state index in [4.69, 9.17) is 17.3 Å². The second-order valence-electron chi connectivity index (χ2n) is 15.6. The van der Waals surface area contributed by atoms with E-state index in [1.807, 2.05) is 13.8 Å². The van der Waals surface area contributed by atoms with Crippen molar-refractivity contribution in [3.63, 3.8) is 0 Å². The Morgan fingerprint density at radius 1 is 0.809 bits per heavy atom. The molecule has 274 valence electrons. The van der Waals surface area contributed by atoms with Crippen molar-refractivity contribution >= 4 is 31.1 Å². The van der Waals surface area contributed by atoms with Crippen LogP contribution in [0.3, 0.4) is 0 Å². The molecule has 5 aliphatic rings. The molecule has 15 nitrogen and oxygen atoms in total. The standard InChI is InChI=1S/C29H51NO14S3/c1-13(2)15(4)18-12-14(3)20-26(41-18)27(43-45(33,34)30-7)21-19-16(8-10-29(20,21)6)28(5)11-9-17(42-46(35,36)37)23(31)22(28)24(32)25(19)44-47(38,39)40/h13-27,30-32H,8-12H2,1-7H3,(H,35,36,37)(H,38,39,40)/t14-,15+,16?,17-,18-,19?,20?,21?,22?,23+,24+,25-,26+,27+,28-,29-/m1/s1. The summed E-state index contributed by atoms with van der Waals surface area (Å²) in [5.41, 5.74) is -1.64. The van der Waals surface area contributed by atoms with Gasteiger partial charge in [0.05, 0.1) is 24.4 Å². The van der Waals surface area contributed by atoms with E-state index in [2.05, 4.69) is 32.4 Å². The fourth-order valence-corrected chi connectivity index (χ4v) is 12.5. The topological polar surface area (TPSA) is 232 Å². The number of hydrogen-bond donors (Lipinski definition) is 5. The predicted molar refractivity (Wildman–Crippen MR) is 166 cm³/mol. The first-order valence-electron chi connectivity index (χ1n) is 16.4. The van der Waals surface area contributed by atoms with Crippen LogP contribution in [0.25, 0.3) is 0 Å². The molecule has 0 spiro atoms. The number of aliphatic hydroxyl groups excluding tert-OH is 2. The zero-order chi connectivity index (χ0) is 35.2. The second kappa shape index (κ2) is 12.6. The number of fused-ring (bicyclic) bond motifs is 7. The molecule has 5 N–H and O–H groups in total. The van der Waals surface area contributed by atoms with Gasteiger partial charge in [0.1, 0.15) is 18.3 Å². The van der Waals surface area contributed by atoms with Crippen LogP contribution in [-0.4, -0.2) is 94.3 Å². The Balaban J connectivity index is 1.66. The average Bonchev–Trinajstić information content (AvgIpc) is 3.18. The molecule has 0 aromatic heterocycles. The van der Waals surface area contributed by atoms with E-state index in [1.54, 1.807) is 0 Å². The molecule has 16 atom stereocenters. The quantitative estimate of drug-likeness (QED) is 0.213. The maximum absolute atomic E-state index is 13.1. The SMILES string of the molecule is CNS(=O)(=O)O[C@H]1C2C3C(CC[C@]2(C)C2[C@H](C)C[C@H]([C@@H](C)C(C)C)O[C@@H]21)[C@@]1(C)CC[C@@H](OS(=O)(=O)O)[C@H](O)C1[C@H](O)[C@@H]3OS(=O)(=O)O. The van der Waals surface area contributed by atoms with Gasteiger partial charge in [-0.15, -0.1) is 0 Å². The van der Waals surface area contributed by atoms with E-state index < -0.39 is 102 Å². The van der Waals surface area contributed by atoms with Crippen LogP contribution in [0.2, 0.25) is 0 Å². The molecule has 1 aliphatic heterocycles. The van der Waals surface area contributed by atoms with Gasteiger partial charge in [-0.1, -0.05) is 41.5 Å². The molecule has 18 heteroatoms. The third-order valence-electron chi connectivity index (χ3n) is 13.0. The van der Waals surface area contributed by atoms with Crippen molar-refractivity contribution in [1.82, 2.24) is 4.72 Å². The summed E-state index contributed by atoms with van der Waals surface area (Å²) in [6.45, 7) is 12.2. The number of rotatable bonds is 9. The van der Waals surface area contributed by atoms with Crippen molar-refractivity contribution in [3.8, 4) is 0 Å². The van der Waals surface area contributed by atoms with Gasteiger partial charge < -0.3 is 14.9 Å². The Labute approximate surface area is 278 Å². The maximum Gasteiger partial charge on any atom is 0.397 e. The van der Waals surface area contributed by atoms with Crippen LogP contribution >= 0.6 is 0 Å². The molecule has 4 aliphatic carbocycles. The van der Waals surface area contributed by atoms with Gasteiger partial charge in [-0.3, -0.25) is 13.3 Å². The fraction of sp³-hybridized carbons (Fsp3) is 1.00. The molecule has 1 heterocycles. The second-order valence-corrected chi connectivity index (χ2v) is 19.2. The van der Waals surface area contributed by atoms with Gasteiger partial charge in [0, 0.05) is 18.9 Å². The third kappa shape index (κ3) is 6.68. The zero-order valence-corrected chi connectivity index (χ0v) is 30.2. The molecule has 1 saturated heterocycles. The summed E-state index contributed by atoms with van der Waals surface area (Å²) in [6.07, 6.45) is -6.67. The zero-order valence-electron chi connectivity index (χ0n) is 27.8. The normalized spacial score (nSPS) is 47.9. The number of aliphatic hydroxyl groups is 2. The van der Waals surface area contributed by atoms with Crippen LogP contribution < -0.4 is 4.72 Å². The molecule has 5 fully saturated rings. The Hall–Kier alpha value is -0.510. The first kappa shape index (κ1) is 37.7. The monoisotopic (exact) mass is 733 g/mol. The molecule has 0 aromatic carbocycles. The van der Waals surface area contributed by atoms with Gasteiger partial charge in [-0.05, 0) is 78.4 Å². The summed E-state index contributed by atoms with van der Waals surface area (Å²) in [7, 11) is -13.3. The van der Waals surface area contributed by atoms with Crippen molar-refractivity contribution in [2.45, 2.75) is 116 Å². The molecule has 47 heavy (non-hydrogen) atoms. The molecule has 4 saturated carbocycles. The minimum absolute atomic E-state index is 0.0100. The molecular formula is C29H51NO14S3. The summed E-state index contributed by atoms with van der Waals surface area (Å²) < 4.78 is 118. The summed E-state index contributed by atoms with van der Waals surface area (Å²) in [6, 6.07) is 0. The third-order valence-corrected chi connectivity index (χ3v) is 14.9. The Morgan fingerprint density at radius 3 is 1.96 bits per heavy atom. The molecule has 5 rings (SSSR count). The molecule has 0 bridgehead atoms. The van der Waals surface area contributed by atoms with Crippen molar-refractivity contribution in [2.75, 3.05) is 7.05 Å². The highest BCUT2D eigenvalue weighted by Gasteiger charge is 2.73. The Bertz CT molecular complexity index is 1510. The van der Waals surface area contributed by atoms with E-state index in [1.165, 1.54) is 7.05 Å². The highest BCUT2D eigenvalue weighted by Crippen LogP contribution is 2.70. The van der Waals surface area contributed by atoms with Crippen molar-refractivity contribution < 1.29 is 61.9 Å². The minimum atomic E-state index is -5.21. The smallest absolute Gasteiger partial charge is 0.390 e. The molecule has 0 radical (unpaired) electrons. The van der Waals surface area contributed by atoms with Gasteiger partial charge in [0.15, 0.2) is 0 Å². The van der Waals surface area contributed by atoms with Crippen molar-refractivity contribution in [3.05, 3.63) is 0 Å². The van der Waals surface area contributed by atoms with Crippen molar-refractivity contribution in [2.24, 2.45) is 58.2 Å². The fourth-order valence-electron chi connectivity index (χ4n) is 10.9. The van der Waals surface area contributed by atoms with Crippen LogP contribution in [0.5, 0.6) is 0 Å². The summed E-state index contributed by atoms with van der Waals surface area (Å²) in [5.74, 6) is -3.10. The Kier molecular flexibility index (Phi) is 10.1. The van der Waals surface area contributed by atoms with E-state index >= 15 is 0 Å². The van der Waals surface area contributed by atoms with Crippen LogP contribution in [0, 0.1) is 58.2 Å². The lowest BCUT2D eigenvalue weighted by Crippen LogP contribution is -2.69. The van der Waals surface area contributed by atoms with E-state index in [0.29, 0.717) is 12.8 Å². The van der Waals surface area contributed by atoms with Crippen LogP contribution in [-0.2, 0) is 48.4 Å². The minimum Gasteiger partial charge on any atom is -0.390 e. The number of ether oxygens (including phenoxy) is 1. The van der Waals surface area contributed by atoms with E-state index in [9.17, 15) is 44.6 Å². The highest BCUT2D eigenvalue weighted by molar-refractivity contribution is 7.84. The lowest BCUT2D eigenvalue weighted by atomic mass is 9.42. The molecular weight excluding hydrogens is 683 g/mol. The van der Waals surface area contributed by atoms with Crippen molar-refractivity contribution in [1.29, 1.82) is 0 Å². The predicted octanol–water partition coefficient (Wildman–Crippen LogP) is 1.73. The molecule has 0 amide bonds. The van der Waals surface area contributed by atoms with Crippen LogP contribution in [0.4, 0.5) is 0 Å². The summed E-state index contributed by atoms with van der Waals surface area (Å²) in [5, 5.41) is 23.4. The van der Waals surface area contributed by atoms with E-state index in [-0.39, 0.29) is 42.6 Å². The lowest BCUT2D eigenvalue weighted by molar-refractivity contribution is -0.248. The van der Waals surface area contributed by atoms with Gasteiger partial charge in [-0.2, -0.15) is 30.0 Å². The summed E-state index contributed by atoms with van der Waals surface area (Å²) >= 11 is 0. The first-order chi connectivity index (χ1) is 21.5. The number of hydrogen-bond acceptors (Lipinski definition) is 12. The average molecular weight is 734 g/mol. The van der Waals surface area contributed by atoms with Crippen LogP contribution in [0.1, 0.15) is 73.6 Å². The van der Waals surface area contributed by atoms with Gasteiger partial charge in [-0.25, -0.2) is 8.37 Å². The molecule has 0 aromatic rings. The molecule has 5 unspecified atom stereocenters. The Morgan fingerprint density at radius 2 is 1.40 bits per heavy atom. The van der Waals surface area contributed by atoms with Gasteiger partial charge in [0.2, 0.25) is 0 Å². The van der Waals surface area contributed by atoms with Crippen LogP contribution in [0.15, 0.2) is 0 Å². The first-order valence-corrected chi connectivity index (χ1v) is 20.5. The van der Waals surface area contributed by atoms with Gasteiger partial charge >= 0.3 is 31.1 Å². The van der Waals surface area contributed by atoms with E-state index in [0.717, 1.165) is 6.42 Å². The maximum atomic E-state index is 13.1. The highest BCUT2D eigenvalue weighted by atomic mass is 32.3. The lowest BCUT2D eigenvalue weighted by Gasteiger charge is -2.64. The number of nitrogens with one attached hydrogen (secondary N) is 1.